The highest BCUT2D eigenvalue weighted by Crippen LogP contribution is 2.36. The smallest absolute Gasteiger partial charge is 0.458 e. The Labute approximate surface area is 186 Å². The molecule has 0 amide bonds. The fourth-order valence-corrected chi connectivity index (χ4v) is 3.82. The Morgan fingerprint density at radius 3 is 2.58 bits per heavy atom. The van der Waals surface area contributed by atoms with Crippen molar-refractivity contribution in [2.75, 3.05) is 32.8 Å². The van der Waals surface area contributed by atoms with E-state index in [2.05, 4.69) is 43.9 Å². The van der Waals surface area contributed by atoms with Gasteiger partial charge in [-0.25, -0.2) is 4.79 Å². The summed E-state index contributed by atoms with van der Waals surface area (Å²) >= 11 is 0. The van der Waals surface area contributed by atoms with Gasteiger partial charge in [-0.1, -0.05) is 0 Å². The van der Waals surface area contributed by atoms with Gasteiger partial charge in [-0.05, 0) is 67.9 Å². The summed E-state index contributed by atoms with van der Waals surface area (Å²) in [4.78, 5) is 14.1. The number of nitrogens with zero attached hydrogens (tertiary/aromatic N) is 3. The van der Waals surface area contributed by atoms with Crippen LogP contribution in [0.15, 0.2) is 12.4 Å². The number of carbonyl (C=O) groups is 1. The molecule has 1 atom stereocenters. The Morgan fingerprint density at radius 1 is 1.26 bits per heavy atom. The SMILES string of the molecule is CC(C)(C)OC(=O)COCCN1CCCC(n2cc(B3OC(C)(C)C(C)(C)O3)cn2)C1. The molecule has 1 unspecified atom stereocenters. The molecule has 174 valence electrons. The van der Waals surface area contributed by atoms with Crippen LogP contribution in [0, 0.1) is 0 Å². The van der Waals surface area contributed by atoms with Gasteiger partial charge in [-0.2, -0.15) is 5.10 Å². The third kappa shape index (κ3) is 6.31. The molecule has 2 fully saturated rings. The van der Waals surface area contributed by atoms with Gasteiger partial charge in [0, 0.05) is 30.9 Å². The summed E-state index contributed by atoms with van der Waals surface area (Å²) in [5.41, 5.74) is -0.249. The molecule has 2 saturated heterocycles. The second kappa shape index (κ2) is 9.21. The highest BCUT2D eigenvalue weighted by atomic mass is 16.7. The van der Waals surface area contributed by atoms with Crippen molar-refractivity contribution in [3.63, 3.8) is 0 Å². The number of hydrogen-bond acceptors (Lipinski definition) is 7. The second-order valence-corrected chi connectivity index (χ2v) is 10.6. The largest absolute Gasteiger partial charge is 0.498 e. The van der Waals surface area contributed by atoms with Gasteiger partial charge in [0.15, 0.2) is 0 Å². The lowest BCUT2D eigenvalue weighted by atomic mass is 9.82. The molecule has 0 N–H and O–H groups in total. The Kier molecular flexibility index (Phi) is 7.20. The third-order valence-corrected chi connectivity index (χ3v) is 6.19. The van der Waals surface area contributed by atoms with Gasteiger partial charge in [0.25, 0.3) is 0 Å². The first-order valence-corrected chi connectivity index (χ1v) is 11.3. The molecule has 3 heterocycles. The topological polar surface area (TPSA) is 75.1 Å². The zero-order valence-electron chi connectivity index (χ0n) is 20.1. The number of esters is 1. The standard InChI is InChI=1S/C22H38BN3O5/c1-20(2,3)29-19(27)16-28-12-11-25-10-8-9-18(15-25)26-14-17(13-24-26)23-30-21(4,5)22(6,7)31-23/h13-14,18H,8-12,15-16H2,1-7H3. The summed E-state index contributed by atoms with van der Waals surface area (Å²) in [7, 11) is -0.389. The van der Waals surface area contributed by atoms with Crippen LogP contribution in [0.2, 0.25) is 0 Å². The lowest BCUT2D eigenvalue weighted by Crippen LogP contribution is -2.41. The predicted molar refractivity (Wildman–Crippen MR) is 119 cm³/mol. The molecule has 0 radical (unpaired) electrons. The van der Waals surface area contributed by atoms with Crippen molar-refractivity contribution in [3.05, 3.63) is 12.4 Å². The van der Waals surface area contributed by atoms with E-state index in [1.165, 1.54) is 0 Å². The predicted octanol–water partition coefficient (Wildman–Crippen LogP) is 2.18. The quantitative estimate of drug-likeness (QED) is 0.369. The van der Waals surface area contributed by atoms with Crippen molar-refractivity contribution >= 4 is 18.6 Å². The first-order chi connectivity index (χ1) is 14.4. The average molecular weight is 435 g/mol. The number of aromatic nitrogens is 2. The van der Waals surface area contributed by atoms with Gasteiger partial charge in [0.05, 0.1) is 23.9 Å². The summed E-state index contributed by atoms with van der Waals surface area (Å²) in [6.45, 7) is 17.0. The molecular weight excluding hydrogens is 397 g/mol. The van der Waals surface area contributed by atoms with Gasteiger partial charge in [-0.15, -0.1) is 0 Å². The highest BCUT2D eigenvalue weighted by molar-refractivity contribution is 6.62. The Bertz CT molecular complexity index is 743. The Morgan fingerprint density at radius 2 is 1.94 bits per heavy atom. The summed E-state index contributed by atoms with van der Waals surface area (Å²) < 4.78 is 25.1. The van der Waals surface area contributed by atoms with Crippen molar-refractivity contribution in [3.8, 4) is 0 Å². The number of ether oxygens (including phenoxy) is 2. The number of hydrogen-bond donors (Lipinski definition) is 0. The zero-order chi connectivity index (χ0) is 22.9. The summed E-state index contributed by atoms with van der Waals surface area (Å²) in [5.74, 6) is -0.323. The fraction of sp³-hybridized carbons (Fsp3) is 0.818. The Hall–Kier alpha value is -1.42. The summed E-state index contributed by atoms with van der Waals surface area (Å²) in [5, 5.41) is 4.61. The molecule has 0 saturated carbocycles. The van der Waals surface area contributed by atoms with Crippen molar-refractivity contribution in [2.24, 2.45) is 0 Å². The van der Waals surface area contributed by atoms with Gasteiger partial charge >= 0.3 is 13.1 Å². The average Bonchev–Trinajstić information content (AvgIpc) is 3.20. The van der Waals surface area contributed by atoms with Crippen molar-refractivity contribution < 1.29 is 23.6 Å². The van der Waals surface area contributed by atoms with E-state index in [1.54, 1.807) is 0 Å². The van der Waals surface area contributed by atoms with Crippen LogP contribution in [0.3, 0.4) is 0 Å². The number of carbonyl (C=O) groups excluding carboxylic acids is 1. The lowest BCUT2D eigenvalue weighted by Gasteiger charge is -2.32. The first kappa shape index (κ1) is 24.2. The summed E-state index contributed by atoms with van der Waals surface area (Å²) in [6.07, 6.45) is 6.09. The highest BCUT2D eigenvalue weighted by Gasteiger charge is 2.52. The molecule has 2 aliphatic rings. The van der Waals surface area contributed by atoms with Crippen LogP contribution in [-0.4, -0.2) is 77.4 Å². The maximum absolute atomic E-state index is 11.7. The van der Waals surface area contributed by atoms with Gasteiger partial charge in [0.1, 0.15) is 12.2 Å². The molecule has 31 heavy (non-hydrogen) atoms. The second-order valence-electron chi connectivity index (χ2n) is 10.6. The molecule has 3 rings (SSSR count). The monoisotopic (exact) mass is 435 g/mol. The van der Waals surface area contributed by atoms with Crippen LogP contribution in [-0.2, 0) is 23.6 Å². The lowest BCUT2D eigenvalue weighted by molar-refractivity contribution is -0.160. The van der Waals surface area contributed by atoms with E-state index in [4.69, 9.17) is 18.8 Å². The molecule has 1 aromatic heterocycles. The minimum atomic E-state index is -0.483. The maximum Gasteiger partial charge on any atom is 0.498 e. The number of piperidine rings is 1. The van der Waals surface area contributed by atoms with Crippen molar-refractivity contribution in [1.82, 2.24) is 14.7 Å². The van der Waals surface area contributed by atoms with Crippen LogP contribution in [0.5, 0.6) is 0 Å². The van der Waals surface area contributed by atoms with E-state index < -0.39 is 5.60 Å². The molecule has 9 heteroatoms. The zero-order valence-corrected chi connectivity index (χ0v) is 20.1. The molecule has 0 bridgehead atoms. The van der Waals surface area contributed by atoms with Crippen molar-refractivity contribution in [2.45, 2.75) is 84.2 Å². The van der Waals surface area contributed by atoms with Crippen LogP contribution in [0.25, 0.3) is 0 Å². The Balaban J connectivity index is 1.47. The molecule has 0 aliphatic carbocycles. The summed E-state index contributed by atoms with van der Waals surface area (Å²) in [6, 6.07) is 0.302. The first-order valence-electron chi connectivity index (χ1n) is 11.3. The third-order valence-electron chi connectivity index (χ3n) is 6.19. The van der Waals surface area contributed by atoms with Crippen LogP contribution >= 0.6 is 0 Å². The normalized spacial score (nSPS) is 23.8. The van der Waals surface area contributed by atoms with Gasteiger partial charge < -0.3 is 18.8 Å². The molecule has 2 aliphatic heterocycles. The van der Waals surface area contributed by atoms with E-state index in [-0.39, 0.29) is 30.9 Å². The number of likely N-dealkylation sites (tertiary alicyclic amines) is 1. The van der Waals surface area contributed by atoms with Gasteiger partial charge in [-0.3, -0.25) is 9.58 Å². The fourth-order valence-electron chi connectivity index (χ4n) is 3.82. The van der Waals surface area contributed by atoms with E-state index in [9.17, 15) is 4.79 Å². The van der Waals surface area contributed by atoms with E-state index in [0.717, 1.165) is 37.9 Å². The van der Waals surface area contributed by atoms with E-state index in [0.29, 0.717) is 12.6 Å². The van der Waals surface area contributed by atoms with Crippen LogP contribution in [0.1, 0.15) is 67.3 Å². The maximum atomic E-state index is 11.7. The molecule has 8 nitrogen and oxygen atoms in total. The van der Waals surface area contributed by atoms with E-state index in [1.807, 2.05) is 31.6 Å². The molecule has 1 aromatic rings. The molecular formula is C22H38BN3O5. The van der Waals surface area contributed by atoms with Gasteiger partial charge in [0.2, 0.25) is 0 Å². The minimum absolute atomic E-state index is 0.00879. The van der Waals surface area contributed by atoms with E-state index >= 15 is 0 Å². The minimum Gasteiger partial charge on any atom is -0.458 e. The number of rotatable bonds is 7. The molecule has 0 aromatic carbocycles. The van der Waals surface area contributed by atoms with Crippen LogP contribution < -0.4 is 5.46 Å². The molecule has 0 spiro atoms. The van der Waals surface area contributed by atoms with Crippen molar-refractivity contribution in [1.29, 1.82) is 0 Å². The van der Waals surface area contributed by atoms with Crippen LogP contribution in [0.4, 0.5) is 0 Å².